The summed E-state index contributed by atoms with van der Waals surface area (Å²) in [7, 11) is 1.61. The Balaban J connectivity index is 2.16. The molecule has 1 aromatic heterocycles. The summed E-state index contributed by atoms with van der Waals surface area (Å²) in [5.74, 6) is -1.30. The Kier molecular flexibility index (Phi) is 6.01. The van der Waals surface area contributed by atoms with Gasteiger partial charge in [-0.25, -0.2) is 0 Å². The maximum Gasteiger partial charge on any atom is 0.295 e. The van der Waals surface area contributed by atoms with Crippen molar-refractivity contribution in [3.8, 4) is 0 Å². The third-order valence-electron chi connectivity index (χ3n) is 5.09. The van der Waals surface area contributed by atoms with Crippen LogP contribution >= 0.6 is 11.3 Å². The van der Waals surface area contributed by atoms with Gasteiger partial charge in [-0.2, -0.15) is 0 Å². The second-order valence-corrected chi connectivity index (χ2v) is 8.07. The molecule has 1 N–H and O–H groups in total. The number of hydrogen-bond donors (Lipinski definition) is 1. The van der Waals surface area contributed by atoms with E-state index in [4.69, 9.17) is 4.74 Å². The van der Waals surface area contributed by atoms with Crippen LogP contribution in [0.1, 0.15) is 39.6 Å². The summed E-state index contributed by atoms with van der Waals surface area (Å²) in [5.41, 5.74) is 3.59. The molecule has 1 aliphatic heterocycles. The molecule has 0 bridgehead atoms. The predicted octanol–water partition coefficient (Wildman–Crippen LogP) is 4.13. The zero-order valence-corrected chi connectivity index (χ0v) is 17.4. The molecule has 1 saturated heterocycles. The first-order valence-corrected chi connectivity index (χ1v) is 10.1. The van der Waals surface area contributed by atoms with Gasteiger partial charge in [0.15, 0.2) is 0 Å². The van der Waals surface area contributed by atoms with Gasteiger partial charge < -0.3 is 14.7 Å². The maximum atomic E-state index is 12.9. The van der Waals surface area contributed by atoms with E-state index in [2.05, 4.69) is 0 Å². The van der Waals surface area contributed by atoms with Crippen molar-refractivity contribution in [3.05, 3.63) is 62.3 Å². The van der Waals surface area contributed by atoms with Crippen LogP contribution in [0.25, 0.3) is 5.76 Å². The molecule has 1 atom stereocenters. The highest BCUT2D eigenvalue weighted by Gasteiger charge is 2.46. The Bertz CT molecular complexity index is 944. The van der Waals surface area contributed by atoms with Crippen LogP contribution in [0.4, 0.5) is 0 Å². The lowest BCUT2D eigenvalue weighted by molar-refractivity contribution is -0.140. The van der Waals surface area contributed by atoms with Crippen LogP contribution in [0.3, 0.4) is 0 Å². The van der Waals surface area contributed by atoms with Crippen molar-refractivity contribution in [2.75, 3.05) is 20.3 Å². The molecule has 148 valence electrons. The molecule has 1 unspecified atom stereocenters. The molecule has 0 aliphatic carbocycles. The number of aliphatic hydroxyl groups excluding tert-OH is 1. The Morgan fingerprint density at radius 2 is 1.93 bits per heavy atom. The minimum absolute atomic E-state index is 0.105. The summed E-state index contributed by atoms with van der Waals surface area (Å²) in [6, 6.07) is 7.10. The summed E-state index contributed by atoms with van der Waals surface area (Å²) in [5, 5.41) is 13.1. The Morgan fingerprint density at radius 1 is 1.18 bits per heavy atom. The highest BCUT2D eigenvalue weighted by Crippen LogP contribution is 2.42. The largest absolute Gasteiger partial charge is 0.507 e. The molecule has 1 amide bonds. The highest BCUT2D eigenvalue weighted by atomic mass is 32.1. The molecule has 28 heavy (non-hydrogen) atoms. The van der Waals surface area contributed by atoms with E-state index < -0.39 is 17.7 Å². The van der Waals surface area contributed by atoms with Gasteiger partial charge in [0.25, 0.3) is 11.7 Å². The first-order chi connectivity index (χ1) is 13.4. The van der Waals surface area contributed by atoms with E-state index in [0.717, 1.165) is 21.6 Å². The van der Waals surface area contributed by atoms with Crippen LogP contribution in [-0.2, 0) is 14.3 Å². The molecule has 2 aromatic rings. The standard InChI is InChI=1S/C22H25NO4S/c1-13-6-7-14(2)16(12-13)19(24)17-18(21-15(3)8-11-28-21)23(9-5-10-27-4)22(26)20(17)25/h6-8,11-12,18,24H,5,9-10H2,1-4H3/b19-17+. The molecule has 6 heteroatoms. The van der Waals surface area contributed by atoms with Crippen molar-refractivity contribution < 1.29 is 19.4 Å². The minimum atomic E-state index is -0.631. The molecule has 5 nitrogen and oxygen atoms in total. The number of benzene rings is 1. The smallest absolute Gasteiger partial charge is 0.295 e. The number of carbonyl (C=O) groups excluding carboxylic acids is 2. The highest BCUT2D eigenvalue weighted by molar-refractivity contribution is 7.10. The van der Waals surface area contributed by atoms with E-state index >= 15 is 0 Å². The second kappa shape index (κ2) is 8.29. The summed E-state index contributed by atoms with van der Waals surface area (Å²) >= 11 is 1.49. The molecule has 1 aliphatic rings. The van der Waals surface area contributed by atoms with Crippen molar-refractivity contribution >= 4 is 28.8 Å². The fraction of sp³-hybridized carbons (Fsp3) is 0.364. The van der Waals surface area contributed by atoms with Gasteiger partial charge in [0, 0.05) is 30.7 Å². The number of aryl methyl sites for hydroxylation is 3. The van der Waals surface area contributed by atoms with Crippen LogP contribution in [0, 0.1) is 20.8 Å². The Labute approximate surface area is 169 Å². The Morgan fingerprint density at radius 3 is 2.57 bits per heavy atom. The first kappa shape index (κ1) is 20.3. The lowest BCUT2D eigenvalue weighted by Gasteiger charge is -2.25. The number of aliphatic hydroxyl groups is 1. The number of rotatable bonds is 6. The molecule has 1 aromatic carbocycles. The van der Waals surface area contributed by atoms with Crippen molar-refractivity contribution in [2.45, 2.75) is 33.2 Å². The number of nitrogens with zero attached hydrogens (tertiary/aromatic N) is 1. The topological polar surface area (TPSA) is 66.8 Å². The number of carbonyl (C=O) groups is 2. The summed E-state index contributed by atoms with van der Waals surface area (Å²) < 4.78 is 5.10. The Hall–Kier alpha value is -2.44. The lowest BCUT2D eigenvalue weighted by Crippen LogP contribution is -2.31. The van der Waals surface area contributed by atoms with Gasteiger partial charge in [0.1, 0.15) is 5.76 Å². The normalized spacial score (nSPS) is 18.9. The zero-order valence-electron chi connectivity index (χ0n) is 16.6. The summed E-state index contributed by atoms with van der Waals surface area (Å²) in [6.45, 7) is 6.66. The van der Waals surface area contributed by atoms with Crippen molar-refractivity contribution in [1.82, 2.24) is 4.90 Å². The molecule has 0 radical (unpaired) electrons. The number of thiophene rings is 1. The van der Waals surface area contributed by atoms with Gasteiger partial charge >= 0.3 is 0 Å². The van der Waals surface area contributed by atoms with Gasteiger partial charge in [0.2, 0.25) is 0 Å². The van der Waals surface area contributed by atoms with E-state index in [-0.39, 0.29) is 11.3 Å². The average Bonchev–Trinajstić information content (AvgIpc) is 3.19. The number of ether oxygens (including phenoxy) is 1. The van der Waals surface area contributed by atoms with Crippen LogP contribution in [0.2, 0.25) is 0 Å². The fourth-order valence-electron chi connectivity index (χ4n) is 3.56. The summed E-state index contributed by atoms with van der Waals surface area (Å²) in [4.78, 5) is 28.2. The quantitative estimate of drug-likeness (QED) is 0.343. The SMILES string of the molecule is COCCCN1C(=O)C(=O)/C(=C(/O)c2cc(C)ccc2C)C1c1sccc1C. The van der Waals surface area contributed by atoms with Gasteiger partial charge in [-0.1, -0.05) is 17.7 Å². The number of likely N-dealkylation sites (tertiary alicyclic amines) is 1. The lowest BCUT2D eigenvalue weighted by atomic mass is 9.95. The summed E-state index contributed by atoms with van der Waals surface area (Å²) in [6.07, 6.45) is 0.619. The number of Topliss-reactive ketones (excluding diaryl/α,β-unsaturated/α-hetero) is 1. The average molecular weight is 400 g/mol. The van der Waals surface area contributed by atoms with Crippen LogP contribution in [-0.4, -0.2) is 42.0 Å². The molecule has 1 fully saturated rings. The third kappa shape index (κ3) is 3.62. The van der Waals surface area contributed by atoms with Gasteiger partial charge in [-0.05, 0) is 55.8 Å². The molecule has 0 saturated carbocycles. The van der Waals surface area contributed by atoms with Gasteiger partial charge in [-0.3, -0.25) is 9.59 Å². The van der Waals surface area contributed by atoms with E-state index in [9.17, 15) is 14.7 Å². The van der Waals surface area contributed by atoms with Crippen molar-refractivity contribution in [3.63, 3.8) is 0 Å². The number of ketones is 1. The fourth-order valence-corrected chi connectivity index (χ4v) is 4.61. The van der Waals surface area contributed by atoms with Crippen LogP contribution in [0.15, 0.2) is 35.2 Å². The van der Waals surface area contributed by atoms with E-state index in [1.807, 2.05) is 50.4 Å². The number of amides is 1. The van der Waals surface area contributed by atoms with Crippen molar-refractivity contribution in [1.29, 1.82) is 0 Å². The molecule has 0 spiro atoms. The van der Waals surface area contributed by atoms with E-state index in [1.54, 1.807) is 12.0 Å². The first-order valence-electron chi connectivity index (χ1n) is 9.25. The number of methoxy groups -OCH3 is 1. The van der Waals surface area contributed by atoms with Gasteiger partial charge in [-0.15, -0.1) is 11.3 Å². The number of hydrogen-bond acceptors (Lipinski definition) is 5. The van der Waals surface area contributed by atoms with E-state index in [1.165, 1.54) is 11.3 Å². The molecular weight excluding hydrogens is 374 g/mol. The second-order valence-electron chi connectivity index (χ2n) is 7.13. The van der Waals surface area contributed by atoms with Crippen molar-refractivity contribution in [2.24, 2.45) is 0 Å². The minimum Gasteiger partial charge on any atom is -0.507 e. The zero-order chi connectivity index (χ0) is 20.4. The van der Waals surface area contributed by atoms with Crippen LogP contribution in [0.5, 0.6) is 0 Å². The monoisotopic (exact) mass is 399 g/mol. The van der Waals surface area contributed by atoms with E-state index in [0.29, 0.717) is 25.1 Å². The maximum absolute atomic E-state index is 12.9. The molecular formula is C22H25NO4S. The molecule has 3 rings (SSSR count). The van der Waals surface area contributed by atoms with Gasteiger partial charge in [0.05, 0.1) is 11.6 Å². The molecule has 2 heterocycles. The van der Waals surface area contributed by atoms with Crippen LogP contribution < -0.4 is 0 Å². The predicted molar refractivity (Wildman–Crippen MR) is 110 cm³/mol. The third-order valence-corrected chi connectivity index (χ3v) is 6.16.